The van der Waals surface area contributed by atoms with Gasteiger partial charge in [0.05, 0.1) is 11.0 Å². The molecule has 0 aliphatic heterocycles. The van der Waals surface area contributed by atoms with E-state index in [1.165, 1.54) is 11.3 Å². The molecule has 20 heavy (non-hydrogen) atoms. The second kappa shape index (κ2) is 5.94. The minimum atomic E-state index is -0.518. The molecule has 2 rings (SSSR count). The van der Waals surface area contributed by atoms with Crippen LogP contribution in [0.2, 0.25) is 0 Å². The second-order valence-electron chi connectivity index (χ2n) is 5.45. The Bertz CT molecular complexity index is 616. The first-order chi connectivity index (χ1) is 9.41. The largest absolute Gasteiger partial charge is 0.392 e. The van der Waals surface area contributed by atoms with Crippen LogP contribution in [0.25, 0.3) is 10.1 Å². The third kappa shape index (κ3) is 2.86. The molecule has 0 saturated heterocycles. The lowest BCUT2D eigenvalue weighted by Gasteiger charge is -2.27. The molecule has 0 spiro atoms. The molecule has 108 valence electrons. The normalized spacial score (nSPS) is 12.9. The van der Waals surface area contributed by atoms with Crippen molar-refractivity contribution in [1.29, 1.82) is 0 Å². The molecule has 1 atom stereocenters. The van der Waals surface area contributed by atoms with E-state index in [1.54, 1.807) is 11.8 Å². The molecule has 0 radical (unpaired) electrons. The van der Waals surface area contributed by atoms with Gasteiger partial charge in [0, 0.05) is 17.3 Å². The highest BCUT2D eigenvalue weighted by molar-refractivity contribution is 7.21. The van der Waals surface area contributed by atoms with Gasteiger partial charge in [-0.1, -0.05) is 18.2 Å². The standard InChI is InChI=1S/C16H21NO2S/c1-10(2)17(9-11(3)18)16(19)15-12(4)13-7-5-6-8-14(13)20-15/h5-8,10-11,18H,9H2,1-4H3. The summed E-state index contributed by atoms with van der Waals surface area (Å²) in [5, 5.41) is 10.7. The Morgan fingerprint density at radius 3 is 2.50 bits per heavy atom. The van der Waals surface area contributed by atoms with Crippen molar-refractivity contribution in [3.05, 3.63) is 34.7 Å². The Labute approximate surface area is 123 Å². The highest BCUT2D eigenvalue weighted by atomic mass is 32.1. The number of rotatable bonds is 4. The summed E-state index contributed by atoms with van der Waals surface area (Å²) in [5.41, 5.74) is 1.03. The second-order valence-corrected chi connectivity index (χ2v) is 6.50. The van der Waals surface area contributed by atoms with E-state index < -0.39 is 6.10 Å². The van der Waals surface area contributed by atoms with Crippen molar-refractivity contribution in [2.45, 2.75) is 39.8 Å². The number of aryl methyl sites for hydroxylation is 1. The number of amides is 1. The summed E-state index contributed by atoms with van der Waals surface area (Å²) in [7, 11) is 0. The van der Waals surface area contributed by atoms with Crippen molar-refractivity contribution in [2.24, 2.45) is 0 Å². The quantitative estimate of drug-likeness (QED) is 0.937. The van der Waals surface area contributed by atoms with Crippen LogP contribution in [0.4, 0.5) is 0 Å². The van der Waals surface area contributed by atoms with Crippen LogP contribution in [0.15, 0.2) is 24.3 Å². The van der Waals surface area contributed by atoms with E-state index in [0.717, 1.165) is 20.5 Å². The Hall–Kier alpha value is -1.39. The summed E-state index contributed by atoms with van der Waals surface area (Å²) >= 11 is 1.53. The van der Waals surface area contributed by atoms with Crippen molar-refractivity contribution >= 4 is 27.3 Å². The molecule has 0 saturated carbocycles. The van der Waals surface area contributed by atoms with Crippen LogP contribution in [0, 0.1) is 6.92 Å². The lowest BCUT2D eigenvalue weighted by molar-refractivity contribution is 0.0583. The summed E-state index contributed by atoms with van der Waals surface area (Å²) in [6.07, 6.45) is -0.518. The molecular formula is C16H21NO2S. The highest BCUT2D eigenvalue weighted by Gasteiger charge is 2.24. The molecule has 1 amide bonds. The molecule has 1 unspecified atom stereocenters. The zero-order valence-corrected chi connectivity index (χ0v) is 13.2. The summed E-state index contributed by atoms with van der Waals surface area (Å²) in [5.74, 6) is 0.0135. The van der Waals surface area contributed by atoms with Crippen molar-refractivity contribution in [1.82, 2.24) is 4.90 Å². The monoisotopic (exact) mass is 291 g/mol. The Kier molecular flexibility index (Phi) is 4.45. The first kappa shape index (κ1) is 15.0. The molecule has 1 heterocycles. The molecule has 0 bridgehead atoms. The fourth-order valence-corrected chi connectivity index (χ4v) is 3.49. The lowest BCUT2D eigenvalue weighted by Crippen LogP contribution is -2.41. The number of carbonyl (C=O) groups is 1. The van der Waals surface area contributed by atoms with E-state index in [0.29, 0.717) is 6.54 Å². The average Bonchev–Trinajstić information content (AvgIpc) is 2.73. The molecular weight excluding hydrogens is 270 g/mol. The van der Waals surface area contributed by atoms with E-state index in [4.69, 9.17) is 0 Å². The number of hydrogen-bond acceptors (Lipinski definition) is 3. The minimum absolute atomic E-state index is 0.0135. The van der Waals surface area contributed by atoms with Gasteiger partial charge in [0.1, 0.15) is 0 Å². The van der Waals surface area contributed by atoms with Gasteiger partial charge in [0.2, 0.25) is 0 Å². The third-order valence-electron chi connectivity index (χ3n) is 3.38. The molecule has 3 nitrogen and oxygen atoms in total. The first-order valence-electron chi connectivity index (χ1n) is 6.89. The summed E-state index contributed by atoms with van der Waals surface area (Å²) < 4.78 is 1.13. The molecule has 1 aromatic heterocycles. The average molecular weight is 291 g/mol. The maximum atomic E-state index is 12.7. The molecule has 4 heteroatoms. The summed E-state index contributed by atoms with van der Waals surface area (Å²) in [6, 6.07) is 8.14. The highest BCUT2D eigenvalue weighted by Crippen LogP contribution is 2.31. The Morgan fingerprint density at radius 1 is 1.30 bits per heavy atom. The molecule has 2 aromatic rings. The molecule has 1 N–H and O–H groups in total. The number of aliphatic hydroxyl groups is 1. The van der Waals surface area contributed by atoms with E-state index >= 15 is 0 Å². The molecule has 0 aliphatic carbocycles. The van der Waals surface area contributed by atoms with E-state index in [-0.39, 0.29) is 11.9 Å². The zero-order valence-electron chi connectivity index (χ0n) is 12.4. The van der Waals surface area contributed by atoms with Gasteiger partial charge >= 0.3 is 0 Å². The smallest absolute Gasteiger partial charge is 0.264 e. The van der Waals surface area contributed by atoms with Gasteiger partial charge < -0.3 is 10.0 Å². The van der Waals surface area contributed by atoms with Gasteiger partial charge in [-0.25, -0.2) is 0 Å². The molecule has 0 aliphatic rings. The van der Waals surface area contributed by atoms with Crippen LogP contribution in [0.1, 0.15) is 36.0 Å². The van der Waals surface area contributed by atoms with E-state index in [2.05, 4.69) is 0 Å². The van der Waals surface area contributed by atoms with Crippen molar-refractivity contribution in [3.8, 4) is 0 Å². The molecule has 0 fully saturated rings. The Balaban J connectivity index is 2.41. The van der Waals surface area contributed by atoms with E-state index in [9.17, 15) is 9.90 Å². The van der Waals surface area contributed by atoms with Gasteiger partial charge in [0.25, 0.3) is 5.91 Å². The first-order valence-corrected chi connectivity index (χ1v) is 7.70. The zero-order chi connectivity index (χ0) is 14.9. The van der Waals surface area contributed by atoms with Crippen LogP contribution in [0.5, 0.6) is 0 Å². The van der Waals surface area contributed by atoms with Gasteiger partial charge in [-0.2, -0.15) is 0 Å². The lowest BCUT2D eigenvalue weighted by atomic mass is 10.1. The minimum Gasteiger partial charge on any atom is -0.392 e. The predicted octanol–water partition coefficient (Wildman–Crippen LogP) is 3.44. The number of carbonyl (C=O) groups excluding carboxylic acids is 1. The maximum absolute atomic E-state index is 12.7. The van der Waals surface area contributed by atoms with Crippen molar-refractivity contribution in [2.75, 3.05) is 6.54 Å². The van der Waals surface area contributed by atoms with Crippen molar-refractivity contribution in [3.63, 3.8) is 0 Å². The number of thiophene rings is 1. The SMILES string of the molecule is Cc1c(C(=O)N(CC(C)O)C(C)C)sc2ccccc12. The van der Waals surface area contributed by atoms with Gasteiger partial charge in [0.15, 0.2) is 0 Å². The summed E-state index contributed by atoms with van der Waals surface area (Å²) in [6.45, 7) is 8.02. The number of nitrogens with zero attached hydrogens (tertiary/aromatic N) is 1. The van der Waals surface area contributed by atoms with Crippen LogP contribution in [0.3, 0.4) is 0 Å². The number of fused-ring (bicyclic) bond motifs is 1. The van der Waals surface area contributed by atoms with E-state index in [1.807, 2.05) is 45.0 Å². The topological polar surface area (TPSA) is 40.5 Å². The molecule has 1 aromatic carbocycles. The maximum Gasteiger partial charge on any atom is 0.264 e. The van der Waals surface area contributed by atoms with Gasteiger partial charge in [-0.15, -0.1) is 11.3 Å². The number of hydrogen-bond donors (Lipinski definition) is 1. The van der Waals surface area contributed by atoms with Crippen LogP contribution < -0.4 is 0 Å². The third-order valence-corrected chi connectivity index (χ3v) is 4.64. The number of benzene rings is 1. The van der Waals surface area contributed by atoms with Gasteiger partial charge in [-0.05, 0) is 44.7 Å². The van der Waals surface area contributed by atoms with Crippen molar-refractivity contribution < 1.29 is 9.90 Å². The summed E-state index contributed by atoms with van der Waals surface area (Å²) in [4.78, 5) is 15.3. The van der Waals surface area contributed by atoms with Crippen LogP contribution >= 0.6 is 11.3 Å². The fourth-order valence-electron chi connectivity index (χ4n) is 2.32. The predicted molar refractivity (Wildman–Crippen MR) is 84.4 cm³/mol. The van der Waals surface area contributed by atoms with Crippen LogP contribution in [-0.2, 0) is 0 Å². The van der Waals surface area contributed by atoms with Crippen LogP contribution in [-0.4, -0.2) is 34.6 Å². The Morgan fingerprint density at radius 2 is 1.95 bits per heavy atom. The van der Waals surface area contributed by atoms with Gasteiger partial charge in [-0.3, -0.25) is 4.79 Å². The number of aliphatic hydroxyl groups excluding tert-OH is 1. The fraction of sp³-hybridized carbons (Fsp3) is 0.438.